The maximum Gasteiger partial charge on any atom is 0.253 e. The lowest BCUT2D eigenvalue weighted by Crippen LogP contribution is -2.38. The molecule has 0 aliphatic heterocycles. The fraction of sp³-hybridized carbons (Fsp3) is 0.391. The number of ether oxygens (including phenoxy) is 1. The summed E-state index contributed by atoms with van der Waals surface area (Å²) in [4.78, 5) is 18.2. The highest BCUT2D eigenvalue weighted by atomic mass is 16.5. The Morgan fingerprint density at radius 3 is 2.63 bits per heavy atom. The third-order valence-electron chi connectivity index (χ3n) is 4.53. The van der Waals surface area contributed by atoms with Crippen LogP contribution >= 0.6 is 0 Å². The van der Waals surface area contributed by atoms with Crippen LogP contribution in [0.25, 0.3) is 0 Å². The van der Waals surface area contributed by atoms with E-state index in [1.165, 1.54) is 0 Å². The molecule has 0 spiro atoms. The van der Waals surface area contributed by atoms with Gasteiger partial charge in [-0.25, -0.2) is 0 Å². The number of hydrogen-bond acceptors (Lipinski definition) is 4. The topological polar surface area (TPSA) is 86.2 Å². The highest BCUT2D eigenvalue weighted by Gasteiger charge is 2.10. The number of nitrogens with zero attached hydrogens (tertiary/aromatic N) is 2. The van der Waals surface area contributed by atoms with Crippen molar-refractivity contribution in [1.82, 2.24) is 15.5 Å². The van der Waals surface area contributed by atoms with Gasteiger partial charge in [-0.05, 0) is 48.7 Å². The van der Waals surface area contributed by atoms with Crippen molar-refractivity contribution in [2.24, 2.45) is 4.99 Å². The van der Waals surface area contributed by atoms with Crippen LogP contribution in [0.5, 0.6) is 5.75 Å². The largest absolute Gasteiger partial charge is 0.497 e. The smallest absolute Gasteiger partial charge is 0.253 e. The van der Waals surface area contributed by atoms with E-state index in [1.807, 2.05) is 55.5 Å². The summed E-state index contributed by atoms with van der Waals surface area (Å²) in [6.07, 6.45) is 0.0292. The molecule has 2 aromatic carbocycles. The van der Waals surface area contributed by atoms with E-state index in [4.69, 9.17) is 4.74 Å². The second kappa shape index (κ2) is 11.8. The number of aliphatic hydroxyl groups excluding tert-OH is 1. The van der Waals surface area contributed by atoms with Crippen molar-refractivity contribution in [2.45, 2.75) is 19.4 Å². The van der Waals surface area contributed by atoms with Crippen LogP contribution in [0.3, 0.4) is 0 Å². The molecule has 0 bridgehead atoms. The van der Waals surface area contributed by atoms with Crippen LogP contribution in [0, 0.1) is 0 Å². The number of guanidine groups is 1. The summed E-state index contributed by atoms with van der Waals surface area (Å²) in [5.74, 6) is 1.33. The summed E-state index contributed by atoms with van der Waals surface area (Å²) in [6, 6.07) is 15.0. The molecule has 0 aromatic heterocycles. The molecule has 30 heavy (non-hydrogen) atoms. The van der Waals surface area contributed by atoms with Crippen LogP contribution in [0.2, 0.25) is 0 Å². The average molecular weight is 413 g/mol. The molecule has 0 aliphatic rings. The van der Waals surface area contributed by atoms with Crippen LogP contribution in [-0.4, -0.2) is 62.7 Å². The fourth-order valence-corrected chi connectivity index (χ4v) is 2.92. The molecule has 1 unspecified atom stereocenters. The molecule has 2 aromatic rings. The summed E-state index contributed by atoms with van der Waals surface area (Å²) >= 11 is 0. The van der Waals surface area contributed by atoms with Crippen molar-refractivity contribution in [3.8, 4) is 5.75 Å². The molecule has 0 heterocycles. The lowest BCUT2D eigenvalue weighted by molar-refractivity contribution is 0.0827. The first-order valence-electron chi connectivity index (χ1n) is 10.1. The lowest BCUT2D eigenvalue weighted by Gasteiger charge is -2.14. The number of rotatable bonds is 9. The van der Waals surface area contributed by atoms with E-state index in [0.29, 0.717) is 30.4 Å². The Labute approximate surface area is 178 Å². The van der Waals surface area contributed by atoms with E-state index < -0.39 is 6.10 Å². The summed E-state index contributed by atoms with van der Waals surface area (Å²) in [7, 11) is 5.09. The SMILES string of the molecule is CCNC(=NCC(O)c1cccc(OC)c1)NCCc1cccc(C(=O)N(C)C)c1. The molecule has 7 nitrogen and oxygen atoms in total. The second-order valence-electron chi connectivity index (χ2n) is 7.09. The van der Waals surface area contributed by atoms with E-state index in [2.05, 4.69) is 15.6 Å². The van der Waals surface area contributed by atoms with Gasteiger partial charge in [0.2, 0.25) is 0 Å². The highest BCUT2D eigenvalue weighted by molar-refractivity contribution is 5.94. The molecule has 0 saturated heterocycles. The van der Waals surface area contributed by atoms with Crippen molar-refractivity contribution < 1.29 is 14.6 Å². The predicted molar refractivity (Wildman–Crippen MR) is 120 cm³/mol. The maximum atomic E-state index is 12.1. The fourth-order valence-electron chi connectivity index (χ4n) is 2.92. The molecule has 0 radical (unpaired) electrons. The van der Waals surface area contributed by atoms with Crippen molar-refractivity contribution in [3.63, 3.8) is 0 Å². The summed E-state index contributed by atoms with van der Waals surface area (Å²) in [5.41, 5.74) is 2.51. The standard InChI is InChI=1S/C23H32N4O3/c1-5-24-23(26-16-21(28)18-9-7-11-20(15-18)30-4)25-13-12-17-8-6-10-19(14-17)22(29)27(2)3/h6-11,14-15,21,28H,5,12-13,16H2,1-4H3,(H2,24,25,26). The Balaban J connectivity index is 1.94. The number of carbonyl (C=O) groups is 1. The minimum atomic E-state index is -0.718. The monoisotopic (exact) mass is 412 g/mol. The van der Waals surface area contributed by atoms with Crippen LogP contribution in [0.15, 0.2) is 53.5 Å². The zero-order valence-corrected chi connectivity index (χ0v) is 18.2. The van der Waals surface area contributed by atoms with Gasteiger partial charge in [-0.2, -0.15) is 0 Å². The van der Waals surface area contributed by atoms with Gasteiger partial charge >= 0.3 is 0 Å². The normalized spacial score (nSPS) is 12.2. The number of aliphatic hydroxyl groups is 1. The van der Waals surface area contributed by atoms with Gasteiger partial charge in [-0.1, -0.05) is 24.3 Å². The van der Waals surface area contributed by atoms with E-state index in [0.717, 1.165) is 17.5 Å². The molecular weight excluding hydrogens is 380 g/mol. The van der Waals surface area contributed by atoms with Crippen LogP contribution in [-0.2, 0) is 6.42 Å². The lowest BCUT2D eigenvalue weighted by atomic mass is 10.1. The van der Waals surface area contributed by atoms with E-state index in [9.17, 15) is 9.90 Å². The Hall–Kier alpha value is -3.06. The molecule has 7 heteroatoms. The predicted octanol–water partition coefficient (Wildman–Crippen LogP) is 2.23. The number of nitrogens with one attached hydrogen (secondary N) is 2. The minimum absolute atomic E-state index is 0.00811. The van der Waals surface area contributed by atoms with E-state index in [1.54, 1.807) is 26.1 Å². The molecule has 0 fully saturated rings. The van der Waals surface area contributed by atoms with Gasteiger partial charge in [0, 0.05) is 32.7 Å². The van der Waals surface area contributed by atoms with Gasteiger partial charge in [0.15, 0.2) is 5.96 Å². The molecule has 1 amide bonds. The van der Waals surface area contributed by atoms with Crippen LogP contribution in [0.4, 0.5) is 0 Å². The number of hydrogen-bond donors (Lipinski definition) is 3. The molecule has 2 rings (SSSR count). The van der Waals surface area contributed by atoms with E-state index >= 15 is 0 Å². The van der Waals surface area contributed by atoms with Gasteiger partial charge < -0.3 is 25.4 Å². The zero-order valence-electron chi connectivity index (χ0n) is 18.2. The number of amides is 1. The Kier molecular flexibility index (Phi) is 9.15. The van der Waals surface area contributed by atoms with Crippen molar-refractivity contribution >= 4 is 11.9 Å². The summed E-state index contributed by atoms with van der Waals surface area (Å²) < 4.78 is 5.21. The number of carbonyl (C=O) groups excluding carboxylic acids is 1. The third kappa shape index (κ3) is 7.08. The van der Waals surface area contributed by atoms with Crippen LogP contribution in [0.1, 0.15) is 34.5 Å². The van der Waals surface area contributed by atoms with Gasteiger partial charge in [0.1, 0.15) is 5.75 Å². The zero-order chi connectivity index (χ0) is 21.9. The highest BCUT2D eigenvalue weighted by Crippen LogP contribution is 2.19. The van der Waals surface area contributed by atoms with E-state index in [-0.39, 0.29) is 12.5 Å². The van der Waals surface area contributed by atoms with Crippen molar-refractivity contribution in [1.29, 1.82) is 0 Å². The summed E-state index contributed by atoms with van der Waals surface area (Å²) in [6.45, 7) is 3.59. The van der Waals surface area contributed by atoms with Crippen LogP contribution < -0.4 is 15.4 Å². The maximum absolute atomic E-state index is 12.1. The average Bonchev–Trinajstić information content (AvgIpc) is 2.76. The first-order valence-corrected chi connectivity index (χ1v) is 10.1. The Morgan fingerprint density at radius 1 is 1.17 bits per heavy atom. The number of methoxy groups -OCH3 is 1. The number of benzene rings is 2. The summed E-state index contributed by atoms with van der Waals surface area (Å²) in [5, 5.41) is 16.9. The minimum Gasteiger partial charge on any atom is -0.497 e. The van der Waals surface area contributed by atoms with Crippen molar-refractivity contribution in [2.75, 3.05) is 40.8 Å². The second-order valence-corrected chi connectivity index (χ2v) is 7.09. The van der Waals surface area contributed by atoms with Gasteiger partial charge in [0.25, 0.3) is 5.91 Å². The molecular formula is C23H32N4O3. The first kappa shape index (κ1) is 23.2. The van der Waals surface area contributed by atoms with Crippen molar-refractivity contribution in [3.05, 3.63) is 65.2 Å². The van der Waals surface area contributed by atoms with Gasteiger partial charge in [0.05, 0.1) is 19.8 Å². The molecule has 3 N–H and O–H groups in total. The molecule has 0 saturated carbocycles. The first-order chi connectivity index (χ1) is 14.4. The number of aliphatic imine (C=N–C) groups is 1. The van der Waals surface area contributed by atoms with Gasteiger partial charge in [-0.3, -0.25) is 9.79 Å². The molecule has 1 atom stereocenters. The Bertz CT molecular complexity index is 852. The molecule has 0 aliphatic carbocycles. The Morgan fingerprint density at radius 2 is 1.93 bits per heavy atom. The molecule has 162 valence electrons. The quantitative estimate of drug-likeness (QED) is 0.434. The van der Waals surface area contributed by atoms with Gasteiger partial charge in [-0.15, -0.1) is 0 Å². The third-order valence-corrected chi connectivity index (χ3v) is 4.53.